The van der Waals surface area contributed by atoms with Crippen LogP contribution >= 0.6 is 0 Å². The standard InChI is InChI=1S/C14H15F4NO2/c1-8-2-4-19(5-3-8)11(20)7-21-14-12(17)9(15)6-10(16)13(14)18/h6,8H,2-5,7H2,1H3. The van der Waals surface area contributed by atoms with Gasteiger partial charge >= 0.3 is 0 Å². The van der Waals surface area contributed by atoms with Crippen molar-refractivity contribution in [1.29, 1.82) is 0 Å². The lowest BCUT2D eigenvalue weighted by molar-refractivity contribution is -0.134. The summed E-state index contributed by atoms with van der Waals surface area (Å²) in [6.45, 7) is 2.47. The molecule has 116 valence electrons. The van der Waals surface area contributed by atoms with E-state index in [-0.39, 0.29) is 6.07 Å². The molecule has 1 saturated heterocycles. The number of nitrogens with zero attached hydrogens (tertiary/aromatic N) is 1. The summed E-state index contributed by atoms with van der Waals surface area (Å²) < 4.78 is 57.3. The molecule has 1 aliphatic rings. The summed E-state index contributed by atoms with van der Waals surface area (Å²) in [6.07, 6.45) is 1.67. The summed E-state index contributed by atoms with van der Waals surface area (Å²) in [5.74, 6) is -7.58. The maximum Gasteiger partial charge on any atom is 0.260 e. The first-order valence-electron chi connectivity index (χ1n) is 6.63. The zero-order valence-corrected chi connectivity index (χ0v) is 11.5. The van der Waals surface area contributed by atoms with Gasteiger partial charge in [0.25, 0.3) is 5.91 Å². The molecule has 1 aromatic carbocycles. The van der Waals surface area contributed by atoms with Gasteiger partial charge in [0.2, 0.25) is 11.6 Å². The summed E-state index contributed by atoms with van der Waals surface area (Å²) in [4.78, 5) is 13.3. The third-order valence-electron chi connectivity index (χ3n) is 3.55. The van der Waals surface area contributed by atoms with Crippen LogP contribution in [0.1, 0.15) is 19.8 Å². The first kappa shape index (κ1) is 15.6. The maximum atomic E-state index is 13.4. The molecule has 0 spiro atoms. The van der Waals surface area contributed by atoms with Crippen molar-refractivity contribution in [2.24, 2.45) is 5.92 Å². The van der Waals surface area contributed by atoms with E-state index in [2.05, 4.69) is 11.7 Å². The Kier molecular flexibility index (Phi) is 4.69. The number of halogens is 4. The van der Waals surface area contributed by atoms with Crippen molar-refractivity contribution in [2.45, 2.75) is 19.8 Å². The Labute approximate surface area is 119 Å². The Morgan fingerprint density at radius 2 is 1.71 bits per heavy atom. The highest BCUT2D eigenvalue weighted by molar-refractivity contribution is 5.77. The van der Waals surface area contributed by atoms with Crippen molar-refractivity contribution in [3.05, 3.63) is 29.3 Å². The normalized spacial score (nSPS) is 16.1. The number of carbonyl (C=O) groups excluding carboxylic acids is 1. The zero-order valence-electron chi connectivity index (χ0n) is 11.5. The van der Waals surface area contributed by atoms with Gasteiger partial charge < -0.3 is 9.64 Å². The molecule has 0 atom stereocenters. The number of ether oxygens (including phenoxy) is 1. The third-order valence-corrected chi connectivity index (χ3v) is 3.55. The van der Waals surface area contributed by atoms with E-state index in [0.717, 1.165) is 12.8 Å². The summed E-state index contributed by atoms with van der Waals surface area (Å²) in [5, 5.41) is 0. The molecule has 0 N–H and O–H groups in total. The molecule has 0 bridgehead atoms. The summed E-state index contributed by atoms with van der Waals surface area (Å²) in [7, 11) is 0. The van der Waals surface area contributed by atoms with Crippen LogP contribution in [0.15, 0.2) is 6.07 Å². The zero-order chi connectivity index (χ0) is 15.6. The van der Waals surface area contributed by atoms with Crippen molar-refractivity contribution < 1.29 is 27.1 Å². The van der Waals surface area contributed by atoms with Crippen molar-refractivity contribution in [1.82, 2.24) is 4.90 Å². The van der Waals surface area contributed by atoms with E-state index in [1.54, 1.807) is 0 Å². The van der Waals surface area contributed by atoms with Gasteiger partial charge in [0, 0.05) is 19.2 Å². The van der Waals surface area contributed by atoms with E-state index < -0.39 is 41.5 Å². The van der Waals surface area contributed by atoms with Crippen LogP contribution in [0.2, 0.25) is 0 Å². The molecule has 7 heteroatoms. The number of carbonyl (C=O) groups is 1. The molecule has 0 aliphatic carbocycles. The fourth-order valence-electron chi connectivity index (χ4n) is 2.16. The van der Waals surface area contributed by atoms with Crippen LogP contribution < -0.4 is 4.74 Å². The lowest BCUT2D eigenvalue weighted by atomic mass is 9.99. The van der Waals surface area contributed by atoms with E-state index in [0.29, 0.717) is 19.0 Å². The molecule has 1 amide bonds. The van der Waals surface area contributed by atoms with E-state index in [1.165, 1.54) is 4.90 Å². The number of benzene rings is 1. The second-order valence-electron chi connectivity index (χ2n) is 5.15. The Morgan fingerprint density at radius 1 is 1.19 bits per heavy atom. The van der Waals surface area contributed by atoms with Crippen LogP contribution in [0.5, 0.6) is 5.75 Å². The maximum absolute atomic E-state index is 13.4. The average Bonchev–Trinajstić information content (AvgIpc) is 2.45. The minimum atomic E-state index is -1.64. The van der Waals surface area contributed by atoms with Crippen molar-refractivity contribution in [3.8, 4) is 5.75 Å². The van der Waals surface area contributed by atoms with Gasteiger partial charge in [-0.25, -0.2) is 8.78 Å². The quantitative estimate of drug-likeness (QED) is 0.635. The fourth-order valence-corrected chi connectivity index (χ4v) is 2.16. The van der Waals surface area contributed by atoms with Gasteiger partial charge in [-0.2, -0.15) is 8.78 Å². The highest BCUT2D eigenvalue weighted by Gasteiger charge is 2.24. The molecule has 21 heavy (non-hydrogen) atoms. The molecule has 1 fully saturated rings. The number of piperidine rings is 1. The first-order chi connectivity index (χ1) is 9.90. The van der Waals surface area contributed by atoms with Crippen molar-refractivity contribution in [2.75, 3.05) is 19.7 Å². The van der Waals surface area contributed by atoms with E-state index in [4.69, 9.17) is 0 Å². The van der Waals surface area contributed by atoms with Crippen LogP contribution in [-0.2, 0) is 4.79 Å². The molecule has 1 aromatic rings. The van der Waals surface area contributed by atoms with Crippen LogP contribution in [-0.4, -0.2) is 30.5 Å². The summed E-state index contributed by atoms with van der Waals surface area (Å²) in [6, 6.07) is 0.0887. The van der Waals surface area contributed by atoms with Gasteiger partial charge in [-0.05, 0) is 18.8 Å². The second-order valence-corrected chi connectivity index (χ2v) is 5.15. The number of amides is 1. The van der Waals surface area contributed by atoms with Gasteiger partial charge in [-0.1, -0.05) is 6.92 Å². The number of hydrogen-bond acceptors (Lipinski definition) is 2. The molecule has 0 saturated carbocycles. The Bertz CT molecular complexity index is 516. The minimum absolute atomic E-state index is 0.0887. The lowest BCUT2D eigenvalue weighted by Crippen LogP contribution is -2.40. The van der Waals surface area contributed by atoms with Crippen molar-refractivity contribution in [3.63, 3.8) is 0 Å². The Balaban J connectivity index is 2.02. The smallest absolute Gasteiger partial charge is 0.260 e. The minimum Gasteiger partial charge on any atom is -0.477 e. The molecule has 0 aromatic heterocycles. The lowest BCUT2D eigenvalue weighted by Gasteiger charge is -2.30. The van der Waals surface area contributed by atoms with E-state index >= 15 is 0 Å². The molecule has 1 aliphatic heterocycles. The molecule has 0 radical (unpaired) electrons. The molecular weight excluding hydrogens is 290 g/mol. The highest BCUT2D eigenvalue weighted by atomic mass is 19.2. The average molecular weight is 305 g/mol. The van der Waals surface area contributed by atoms with Crippen LogP contribution in [0.4, 0.5) is 17.6 Å². The van der Waals surface area contributed by atoms with Gasteiger partial charge in [0.1, 0.15) is 0 Å². The second kappa shape index (κ2) is 6.32. The number of likely N-dealkylation sites (tertiary alicyclic amines) is 1. The molecule has 2 rings (SSSR count). The van der Waals surface area contributed by atoms with E-state index in [1.807, 2.05) is 0 Å². The van der Waals surface area contributed by atoms with Crippen LogP contribution in [0.3, 0.4) is 0 Å². The number of hydrogen-bond donors (Lipinski definition) is 0. The van der Waals surface area contributed by atoms with Crippen LogP contribution in [0.25, 0.3) is 0 Å². The molecule has 3 nitrogen and oxygen atoms in total. The summed E-state index contributed by atoms with van der Waals surface area (Å²) in [5.41, 5.74) is 0. The predicted molar refractivity (Wildman–Crippen MR) is 66.7 cm³/mol. The van der Waals surface area contributed by atoms with Gasteiger partial charge in [-0.3, -0.25) is 4.79 Å². The fraction of sp³-hybridized carbons (Fsp3) is 0.500. The van der Waals surface area contributed by atoms with Crippen LogP contribution in [0, 0.1) is 29.2 Å². The molecule has 1 heterocycles. The Morgan fingerprint density at radius 3 is 2.24 bits per heavy atom. The SMILES string of the molecule is CC1CCN(C(=O)COc2c(F)c(F)cc(F)c2F)CC1. The predicted octanol–water partition coefficient (Wildman–Crippen LogP) is 2.88. The largest absolute Gasteiger partial charge is 0.477 e. The Hall–Kier alpha value is -1.79. The van der Waals surface area contributed by atoms with Gasteiger partial charge in [-0.15, -0.1) is 0 Å². The van der Waals surface area contributed by atoms with Crippen molar-refractivity contribution >= 4 is 5.91 Å². The summed E-state index contributed by atoms with van der Waals surface area (Å²) >= 11 is 0. The topological polar surface area (TPSA) is 29.5 Å². The number of rotatable bonds is 3. The van der Waals surface area contributed by atoms with E-state index in [9.17, 15) is 22.4 Å². The monoisotopic (exact) mass is 305 g/mol. The van der Waals surface area contributed by atoms with Gasteiger partial charge in [0.15, 0.2) is 24.0 Å². The first-order valence-corrected chi connectivity index (χ1v) is 6.63. The van der Waals surface area contributed by atoms with Gasteiger partial charge in [0.05, 0.1) is 0 Å². The molecule has 0 unspecified atom stereocenters. The third kappa shape index (κ3) is 3.46. The molecular formula is C14H15F4NO2. The highest BCUT2D eigenvalue weighted by Crippen LogP contribution is 2.26.